The van der Waals surface area contributed by atoms with Crippen molar-refractivity contribution in [1.82, 2.24) is 10.2 Å². The van der Waals surface area contributed by atoms with Gasteiger partial charge in [0.1, 0.15) is 12.6 Å². The Morgan fingerprint density at radius 2 is 1.64 bits per heavy atom. The van der Waals surface area contributed by atoms with Gasteiger partial charge in [-0.05, 0) is 29.8 Å². The minimum absolute atomic E-state index is 0.0102. The topological polar surface area (TPSA) is 105 Å². The summed E-state index contributed by atoms with van der Waals surface area (Å²) in [4.78, 5) is 28.5. The van der Waals surface area contributed by atoms with E-state index in [-0.39, 0.29) is 25.4 Å². The van der Waals surface area contributed by atoms with E-state index < -0.39 is 34.4 Å². The predicted octanol–water partition coefficient (Wildman–Crippen LogP) is 3.87. The molecule has 0 spiro atoms. The van der Waals surface area contributed by atoms with Gasteiger partial charge in [-0.15, -0.1) is 0 Å². The number of ether oxygens (including phenoxy) is 2. The van der Waals surface area contributed by atoms with Crippen LogP contribution in [-0.4, -0.2) is 57.8 Å². The standard InChI is InChI=1S/C27H27Cl2N3O6S/c1-30-27(34)23(13-18-7-4-3-5-8-18)31(15-20-21(28)9-6-10-22(20)29)26(33)16-32(39(2,35)36)19-11-12-24-25(14-19)38-17-37-24/h3-12,14,23H,13,15-17H2,1-2H3,(H,30,34)/t23-/m0/s1. The number of sulfonamides is 1. The minimum atomic E-state index is -3.93. The highest BCUT2D eigenvalue weighted by Gasteiger charge is 2.33. The number of carbonyl (C=O) groups is 2. The molecule has 1 atom stereocenters. The number of rotatable bonds is 10. The first-order chi connectivity index (χ1) is 18.6. The molecule has 0 saturated heterocycles. The average Bonchev–Trinajstić information content (AvgIpc) is 3.38. The number of amides is 2. The highest BCUT2D eigenvalue weighted by molar-refractivity contribution is 7.92. The number of nitrogens with zero attached hydrogens (tertiary/aromatic N) is 2. The summed E-state index contributed by atoms with van der Waals surface area (Å²) in [6, 6.07) is 17.7. The molecule has 4 rings (SSSR count). The summed E-state index contributed by atoms with van der Waals surface area (Å²) in [6.45, 7) is -0.694. The van der Waals surface area contributed by atoms with Gasteiger partial charge in [0, 0.05) is 41.7 Å². The van der Waals surface area contributed by atoms with Crippen molar-refractivity contribution >= 4 is 50.7 Å². The summed E-state index contributed by atoms with van der Waals surface area (Å²) in [6.07, 6.45) is 1.18. The van der Waals surface area contributed by atoms with E-state index in [0.717, 1.165) is 16.1 Å². The lowest BCUT2D eigenvalue weighted by Crippen LogP contribution is -2.53. The Labute approximate surface area is 237 Å². The molecule has 0 unspecified atom stereocenters. The van der Waals surface area contributed by atoms with E-state index >= 15 is 0 Å². The number of hydrogen-bond acceptors (Lipinski definition) is 6. The van der Waals surface area contributed by atoms with Crippen molar-refractivity contribution < 1.29 is 27.5 Å². The molecule has 0 bridgehead atoms. The highest BCUT2D eigenvalue weighted by Crippen LogP contribution is 2.36. The van der Waals surface area contributed by atoms with Crippen LogP contribution in [0.3, 0.4) is 0 Å². The van der Waals surface area contributed by atoms with Gasteiger partial charge >= 0.3 is 0 Å². The second kappa shape index (κ2) is 12.1. The molecule has 1 N–H and O–H groups in total. The third-order valence-electron chi connectivity index (χ3n) is 6.23. The van der Waals surface area contributed by atoms with E-state index in [4.69, 9.17) is 32.7 Å². The van der Waals surface area contributed by atoms with E-state index in [1.807, 2.05) is 30.3 Å². The number of likely N-dealkylation sites (N-methyl/N-ethyl adjacent to an activating group) is 1. The smallest absolute Gasteiger partial charge is 0.244 e. The molecule has 3 aromatic carbocycles. The van der Waals surface area contributed by atoms with Gasteiger partial charge in [0.25, 0.3) is 0 Å². The summed E-state index contributed by atoms with van der Waals surface area (Å²) < 4.78 is 37.4. The summed E-state index contributed by atoms with van der Waals surface area (Å²) in [5, 5.41) is 3.24. The molecule has 2 amide bonds. The number of hydrogen-bond donors (Lipinski definition) is 1. The zero-order chi connectivity index (χ0) is 28.2. The third-order valence-corrected chi connectivity index (χ3v) is 8.08. The first-order valence-corrected chi connectivity index (χ1v) is 14.5. The van der Waals surface area contributed by atoms with Crippen LogP contribution in [0.4, 0.5) is 5.69 Å². The van der Waals surface area contributed by atoms with Crippen molar-refractivity contribution in [2.24, 2.45) is 0 Å². The summed E-state index contributed by atoms with van der Waals surface area (Å²) >= 11 is 12.9. The molecule has 1 heterocycles. The molecule has 0 aromatic heterocycles. The molecular weight excluding hydrogens is 565 g/mol. The second-order valence-electron chi connectivity index (χ2n) is 8.85. The third kappa shape index (κ3) is 6.76. The quantitative estimate of drug-likeness (QED) is 0.383. The Morgan fingerprint density at radius 3 is 2.28 bits per heavy atom. The van der Waals surface area contributed by atoms with E-state index in [9.17, 15) is 18.0 Å². The molecule has 12 heteroatoms. The van der Waals surface area contributed by atoms with Crippen LogP contribution in [0.5, 0.6) is 11.5 Å². The lowest BCUT2D eigenvalue weighted by Gasteiger charge is -2.33. The molecule has 0 saturated carbocycles. The fourth-order valence-electron chi connectivity index (χ4n) is 4.23. The minimum Gasteiger partial charge on any atom is -0.454 e. The van der Waals surface area contributed by atoms with Crippen molar-refractivity contribution in [2.75, 3.05) is 30.9 Å². The maximum atomic E-state index is 14.0. The second-order valence-corrected chi connectivity index (χ2v) is 11.6. The lowest BCUT2D eigenvalue weighted by molar-refractivity contribution is -0.139. The van der Waals surface area contributed by atoms with Crippen molar-refractivity contribution in [1.29, 1.82) is 0 Å². The Kier molecular flexibility index (Phi) is 8.89. The largest absolute Gasteiger partial charge is 0.454 e. The van der Waals surface area contributed by atoms with Crippen LogP contribution in [-0.2, 0) is 32.6 Å². The summed E-state index contributed by atoms with van der Waals surface area (Å²) in [5.74, 6) is -0.223. The molecule has 0 fully saturated rings. The van der Waals surface area contributed by atoms with Crippen molar-refractivity contribution in [3.05, 3.63) is 87.9 Å². The molecule has 9 nitrogen and oxygen atoms in total. The fourth-order valence-corrected chi connectivity index (χ4v) is 5.59. The van der Waals surface area contributed by atoms with Crippen LogP contribution < -0.4 is 19.1 Å². The SMILES string of the molecule is CNC(=O)[C@H](Cc1ccccc1)N(Cc1c(Cl)cccc1Cl)C(=O)CN(c1ccc2c(c1)OCO2)S(C)(=O)=O. The first-order valence-electron chi connectivity index (χ1n) is 11.9. The van der Waals surface area contributed by atoms with Gasteiger partial charge in [-0.2, -0.15) is 0 Å². The Morgan fingerprint density at radius 1 is 0.974 bits per heavy atom. The van der Waals surface area contributed by atoms with Crippen LogP contribution in [0.15, 0.2) is 66.7 Å². The Hall–Kier alpha value is -3.47. The van der Waals surface area contributed by atoms with Crippen molar-refractivity contribution in [3.63, 3.8) is 0 Å². The van der Waals surface area contributed by atoms with E-state index in [0.29, 0.717) is 27.1 Å². The monoisotopic (exact) mass is 591 g/mol. The molecule has 39 heavy (non-hydrogen) atoms. The van der Waals surface area contributed by atoms with E-state index in [1.165, 1.54) is 24.1 Å². The van der Waals surface area contributed by atoms with Gasteiger partial charge in [-0.1, -0.05) is 59.6 Å². The van der Waals surface area contributed by atoms with Crippen LogP contribution in [0.2, 0.25) is 10.0 Å². The molecule has 206 valence electrons. The van der Waals surface area contributed by atoms with Crippen LogP contribution >= 0.6 is 23.2 Å². The normalized spacial score (nSPS) is 13.0. The van der Waals surface area contributed by atoms with E-state index in [2.05, 4.69) is 5.32 Å². The molecular formula is C27H27Cl2N3O6S. The number of nitrogens with one attached hydrogen (secondary N) is 1. The number of carbonyl (C=O) groups excluding carboxylic acids is 2. The van der Waals surface area contributed by atoms with E-state index in [1.54, 1.807) is 24.3 Å². The average molecular weight is 593 g/mol. The maximum absolute atomic E-state index is 14.0. The lowest BCUT2D eigenvalue weighted by atomic mass is 10.0. The molecule has 0 radical (unpaired) electrons. The molecule has 0 aliphatic carbocycles. The van der Waals surface area contributed by atoms with Crippen LogP contribution in [0.25, 0.3) is 0 Å². The number of halogens is 2. The Balaban J connectivity index is 1.74. The summed E-state index contributed by atoms with van der Waals surface area (Å²) in [5.41, 5.74) is 1.46. The van der Waals surface area contributed by atoms with Crippen molar-refractivity contribution in [3.8, 4) is 11.5 Å². The van der Waals surface area contributed by atoms with Gasteiger partial charge in [0.15, 0.2) is 11.5 Å². The van der Waals surface area contributed by atoms with Gasteiger partial charge < -0.3 is 19.7 Å². The van der Waals surface area contributed by atoms with Gasteiger partial charge in [-0.25, -0.2) is 8.42 Å². The Bertz CT molecular complexity index is 1450. The van der Waals surface area contributed by atoms with Crippen LogP contribution in [0, 0.1) is 0 Å². The molecule has 1 aliphatic rings. The zero-order valence-corrected chi connectivity index (χ0v) is 23.6. The van der Waals surface area contributed by atoms with Gasteiger partial charge in [0.2, 0.25) is 28.6 Å². The fraction of sp³-hybridized carbons (Fsp3) is 0.259. The zero-order valence-electron chi connectivity index (χ0n) is 21.3. The summed E-state index contributed by atoms with van der Waals surface area (Å²) in [7, 11) is -2.45. The number of benzene rings is 3. The number of fused-ring (bicyclic) bond motifs is 1. The predicted molar refractivity (Wildman–Crippen MR) is 150 cm³/mol. The first kappa shape index (κ1) is 28.5. The van der Waals surface area contributed by atoms with Gasteiger partial charge in [-0.3, -0.25) is 13.9 Å². The molecule has 1 aliphatic heterocycles. The molecule has 3 aromatic rings. The van der Waals surface area contributed by atoms with Crippen LogP contribution in [0.1, 0.15) is 11.1 Å². The van der Waals surface area contributed by atoms with Crippen molar-refractivity contribution in [2.45, 2.75) is 19.0 Å². The highest BCUT2D eigenvalue weighted by atomic mass is 35.5. The maximum Gasteiger partial charge on any atom is 0.244 e. The number of anilines is 1. The van der Waals surface area contributed by atoms with Gasteiger partial charge in [0.05, 0.1) is 11.9 Å².